The summed E-state index contributed by atoms with van der Waals surface area (Å²) in [5.74, 6) is -0.307. The average Bonchev–Trinajstić information content (AvgIpc) is 2.72. The number of hydrogen-bond donors (Lipinski definition) is 1. The van der Waals surface area contributed by atoms with Crippen LogP contribution in [0.25, 0.3) is 0 Å². The quantitative estimate of drug-likeness (QED) is 0.805. The van der Waals surface area contributed by atoms with Crippen LogP contribution in [0.5, 0.6) is 0 Å². The van der Waals surface area contributed by atoms with Crippen molar-refractivity contribution in [1.82, 2.24) is 5.32 Å². The van der Waals surface area contributed by atoms with Crippen LogP contribution in [0.2, 0.25) is 5.02 Å². The van der Waals surface area contributed by atoms with Crippen molar-refractivity contribution in [1.29, 1.82) is 0 Å². The van der Waals surface area contributed by atoms with E-state index in [0.29, 0.717) is 5.02 Å². The molecule has 0 aliphatic rings. The summed E-state index contributed by atoms with van der Waals surface area (Å²) in [7, 11) is 0. The van der Waals surface area contributed by atoms with E-state index in [2.05, 4.69) is 27.3 Å². The topological polar surface area (TPSA) is 12.0 Å². The molecular weight excluding hydrogens is 337 g/mol. The molecule has 0 fully saturated rings. The summed E-state index contributed by atoms with van der Waals surface area (Å²) in [5.41, 5.74) is 0.911. The largest absolute Gasteiger partial charge is 0.305 e. The van der Waals surface area contributed by atoms with Gasteiger partial charge in [-0.05, 0) is 46.6 Å². The molecule has 0 saturated carbocycles. The van der Waals surface area contributed by atoms with Crippen molar-refractivity contribution in [3.63, 3.8) is 0 Å². The van der Waals surface area contributed by atoms with Gasteiger partial charge in [0.15, 0.2) is 0 Å². The molecule has 2 rings (SSSR count). The van der Waals surface area contributed by atoms with E-state index in [1.54, 1.807) is 17.4 Å². The van der Waals surface area contributed by atoms with E-state index in [0.717, 1.165) is 16.6 Å². The first-order chi connectivity index (χ1) is 8.56. The molecule has 1 aromatic heterocycles. The van der Waals surface area contributed by atoms with Crippen LogP contribution in [0.3, 0.4) is 0 Å². The smallest absolute Gasteiger partial charge is 0.124 e. The summed E-state index contributed by atoms with van der Waals surface area (Å²) < 4.78 is 14.1. The van der Waals surface area contributed by atoms with Crippen molar-refractivity contribution >= 4 is 38.9 Å². The Morgan fingerprint density at radius 1 is 1.44 bits per heavy atom. The number of rotatable bonds is 4. The molecule has 0 aliphatic carbocycles. The zero-order valence-corrected chi connectivity index (χ0v) is 12.9. The summed E-state index contributed by atoms with van der Waals surface area (Å²) in [4.78, 5) is 1.24. The molecule has 5 heteroatoms. The zero-order chi connectivity index (χ0) is 13.1. The standard InChI is InChI=1S/C13H12BrClFNS/c1-8(12-3-2-10(16)5-13(12)15)17-6-11-4-9(14)7-18-11/h2-5,7-8,17H,6H2,1H3. The van der Waals surface area contributed by atoms with E-state index >= 15 is 0 Å². The van der Waals surface area contributed by atoms with E-state index < -0.39 is 0 Å². The lowest BCUT2D eigenvalue weighted by Crippen LogP contribution is -2.17. The van der Waals surface area contributed by atoms with Crippen molar-refractivity contribution in [3.8, 4) is 0 Å². The van der Waals surface area contributed by atoms with Crippen LogP contribution in [0.1, 0.15) is 23.4 Å². The Bertz CT molecular complexity index is 544. The fraction of sp³-hybridized carbons (Fsp3) is 0.231. The second-order valence-corrected chi connectivity index (χ2v) is 6.32. The van der Waals surface area contributed by atoms with E-state index in [-0.39, 0.29) is 11.9 Å². The number of halogens is 3. The van der Waals surface area contributed by atoms with Gasteiger partial charge in [-0.3, -0.25) is 0 Å². The highest BCUT2D eigenvalue weighted by Gasteiger charge is 2.10. The molecule has 1 atom stereocenters. The number of benzene rings is 1. The van der Waals surface area contributed by atoms with Crippen molar-refractivity contribution in [2.45, 2.75) is 19.5 Å². The maximum absolute atomic E-state index is 13.0. The van der Waals surface area contributed by atoms with Gasteiger partial charge in [0.05, 0.1) is 0 Å². The van der Waals surface area contributed by atoms with Crippen LogP contribution >= 0.6 is 38.9 Å². The van der Waals surface area contributed by atoms with E-state index in [9.17, 15) is 4.39 Å². The van der Waals surface area contributed by atoms with Crippen LogP contribution in [0.4, 0.5) is 4.39 Å². The second kappa shape index (κ2) is 6.15. The van der Waals surface area contributed by atoms with Crippen LogP contribution in [0, 0.1) is 5.82 Å². The Balaban J connectivity index is 2.01. The van der Waals surface area contributed by atoms with Crippen molar-refractivity contribution in [3.05, 3.63) is 55.4 Å². The first kappa shape index (κ1) is 14.0. The molecule has 0 amide bonds. The lowest BCUT2D eigenvalue weighted by atomic mass is 10.1. The van der Waals surface area contributed by atoms with Gasteiger partial charge in [-0.25, -0.2) is 4.39 Å². The molecule has 1 heterocycles. The van der Waals surface area contributed by atoms with Gasteiger partial charge in [0.25, 0.3) is 0 Å². The van der Waals surface area contributed by atoms with Crippen LogP contribution in [0.15, 0.2) is 34.1 Å². The fourth-order valence-electron chi connectivity index (χ4n) is 1.66. The Morgan fingerprint density at radius 2 is 2.22 bits per heavy atom. The van der Waals surface area contributed by atoms with Gasteiger partial charge in [-0.2, -0.15) is 0 Å². The van der Waals surface area contributed by atoms with Gasteiger partial charge in [0, 0.05) is 32.3 Å². The molecule has 1 aromatic carbocycles. The highest BCUT2D eigenvalue weighted by molar-refractivity contribution is 9.10. The van der Waals surface area contributed by atoms with Crippen LogP contribution in [-0.4, -0.2) is 0 Å². The van der Waals surface area contributed by atoms with Crippen molar-refractivity contribution in [2.24, 2.45) is 0 Å². The molecule has 0 saturated heterocycles. The number of thiophene rings is 1. The summed E-state index contributed by atoms with van der Waals surface area (Å²) in [5, 5.41) is 5.88. The summed E-state index contributed by atoms with van der Waals surface area (Å²) in [6.45, 7) is 2.78. The van der Waals surface area contributed by atoms with Crippen LogP contribution in [-0.2, 0) is 6.54 Å². The zero-order valence-electron chi connectivity index (χ0n) is 9.71. The number of hydrogen-bond acceptors (Lipinski definition) is 2. The molecule has 1 N–H and O–H groups in total. The molecule has 0 spiro atoms. The minimum atomic E-state index is -0.307. The third-order valence-electron chi connectivity index (χ3n) is 2.63. The maximum Gasteiger partial charge on any atom is 0.124 e. The summed E-state index contributed by atoms with van der Waals surface area (Å²) in [6, 6.07) is 6.66. The molecule has 1 unspecified atom stereocenters. The average molecular weight is 349 g/mol. The Morgan fingerprint density at radius 3 is 2.83 bits per heavy atom. The summed E-state index contributed by atoms with van der Waals surface area (Å²) >= 11 is 11.1. The highest BCUT2D eigenvalue weighted by atomic mass is 79.9. The molecule has 0 bridgehead atoms. The second-order valence-electron chi connectivity index (χ2n) is 4.00. The summed E-state index contributed by atoms with van der Waals surface area (Å²) in [6.07, 6.45) is 0. The minimum absolute atomic E-state index is 0.0824. The lowest BCUT2D eigenvalue weighted by molar-refractivity contribution is 0.575. The lowest BCUT2D eigenvalue weighted by Gasteiger charge is -2.15. The first-order valence-corrected chi connectivity index (χ1v) is 7.52. The molecule has 1 nitrogen and oxygen atoms in total. The minimum Gasteiger partial charge on any atom is -0.305 e. The van der Waals surface area contributed by atoms with Gasteiger partial charge in [0.2, 0.25) is 0 Å². The SMILES string of the molecule is CC(NCc1cc(Br)cs1)c1ccc(F)cc1Cl. The molecule has 0 radical (unpaired) electrons. The molecule has 0 aliphatic heterocycles. The van der Waals surface area contributed by atoms with Gasteiger partial charge < -0.3 is 5.32 Å². The van der Waals surface area contributed by atoms with Crippen molar-refractivity contribution < 1.29 is 4.39 Å². The highest BCUT2D eigenvalue weighted by Crippen LogP contribution is 2.25. The number of nitrogens with one attached hydrogen (secondary N) is 1. The predicted octanol–water partition coefficient (Wildman–Crippen LogP) is 5.15. The third-order valence-corrected chi connectivity index (χ3v) is 4.66. The normalized spacial score (nSPS) is 12.7. The van der Waals surface area contributed by atoms with Crippen molar-refractivity contribution in [2.75, 3.05) is 0 Å². The molecule has 2 aromatic rings. The maximum atomic E-state index is 13.0. The first-order valence-electron chi connectivity index (χ1n) is 5.47. The van der Waals surface area contributed by atoms with E-state index in [1.165, 1.54) is 17.0 Å². The van der Waals surface area contributed by atoms with Gasteiger partial charge in [-0.15, -0.1) is 11.3 Å². The Hall–Kier alpha value is -0.420. The third kappa shape index (κ3) is 3.54. The van der Waals surface area contributed by atoms with Gasteiger partial charge >= 0.3 is 0 Å². The Labute approximate surface area is 123 Å². The predicted molar refractivity (Wildman–Crippen MR) is 78.7 cm³/mol. The molecule has 18 heavy (non-hydrogen) atoms. The van der Waals surface area contributed by atoms with Gasteiger partial charge in [0.1, 0.15) is 5.82 Å². The van der Waals surface area contributed by atoms with Crippen LogP contribution < -0.4 is 5.32 Å². The van der Waals surface area contributed by atoms with Gasteiger partial charge in [-0.1, -0.05) is 17.7 Å². The van der Waals surface area contributed by atoms with E-state index in [4.69, 9.17) is 11.6 Å². The fourth-order valence-corrected chi connectivity index (χ4v) is 3.40. The molecular formula is C13H12BrClFNS. The van der Waals surface area contributed by atoms with E-state index in [1.807, 2.05) is 12.3 Å². The molecule has 96 valence electrons. The Kier molecular flexibility index (Phi) is 4.78. The monoisotopic (exact) mass is 347 g/mol.